The molecule has 0 aromatic heterocycles. The lowest BCUT2D eigenvalue weighted by Gasteiger charge is -2.20. The van der Waals surface area contributed by atoms with E-state index in [-0.39, 0.29) is 6.04 Å². The van der Waals surface area contributed by atoms with Crippen LogP contribution in [-0.2, 0) is 0 Å². The van der Waals surface area contributed by atoms with Crippen LogP contribution >= 0.6 is 15.9 Å². The second-order valence-electron chi connectivity index (χ2n) is 4.72. The molecule has 0 aliphatic carbocycles. The molecule has 0 aliphatic heterocycles. The molecule has 2 aromatic carbocycles. The number of methoxy groups -OCH3 is 2. The Hall–Kier alpha value is -1.56. The Morgan fingerprint density at radius 3 is 2.43 bits per heavy atom. The van der Waals surface area contributed by atoms with Crippen molar-refractivity contribution >= 4 is 15.9 Å². The maximum absolute atomic E-state index is 5.77. The predicted molar refractivity (Wildman–Crippen MR) is 87.6 cm³/mol. The molecule has 0 saturated carbocycles. The average molecular weight is 351 g/mol. The van der Waals surface area contributed by atoms with E-state index >= 15 is 0 Å². The number of hydrogen-bond donors (Lipinski definition) is 2. The van der Waals surface area contributed by atoms with Gasteiger partial charge in [-0.25, -0.2) is 5.43 Å². The van der Waals surface area contributed by atoms with Gasteiger partial charge in [-0.3, -0.25) is 5.84 Å². The predicted octanol–water partition coefficient (Wildman–Crippen LogP) is 3.33. The molecule has 1 unspecified atom stereocenters. The first-order valence-corrected chi connectivity index (χ1v) is 7.34. The zero-order valence-electron chi connectivity index (χ0n) is 12.3. The second kappa shape index (κ2) is 6.93. The smallest absolute Gasteiger partial charge is 0.127 e. The number of halogens is 1. The van der Waals surface area contributed by atoms with Crippen LogP contribution in [0.1, 0.15) is 22.7 Å². The van der Waals surface area contributed by atoms with Crippen LogP contribution in [0.3, 0.4) is 0 Å². The van der Waals surface area contributed by atoms with Gasteiger partial charge in [0.25, 0.3) is 0 Å². The van der Waals surface area contributed by atoms with E-state index in [0.717, 1.165) is 32.7 Å². The Morgan fingerprint density at radius 2 is 1.86 bits per heavy atom. The average Bonchev–Trinajstić information content (AvgIpc) is 2.51. The summed E-state index contributed by atoms with van der Waals surface area (Å²) in [6, 6.07) is 11.7. The molecule has 112 valence electrons. The van der Waals surface area contributed by atoms with Crippen molar-refractivity contribution in [2.75, 3.05) is 14.2 Å². The highest BCUT2D eigenvalue weighted by Crippen LogP contribution is 2.33. The summed E-state index contributed by atoms with van der Waals surface area (Å²) in [5, 5.41) is 0. The summed E-state index contributed by atoms with van der Waals surface area (Å²) in [4.78, 5) is 0. The third-order valence-corrected chi connectivity index (χ3v) is 4.32. The molecule has 0 fully saturated rings. The maximum Gasteiger partial charge on any atom is 0.127 e. The first-order chi connectivity index (χ1) is 10.1. The molecule has 0 aliphatic rings. The summed E-state index contributed by atoms with van der Waals surface area (Å²) >= 11 is 3.51. The molecule has 0 radical (unpaired) electrons. The van der Waals surface area contributed by atoms with Gasteiger partial charge in [0, 0.05) is 16.1 Å². The summed E-state index contributed by atoms with van der Waals surface area (Å²) in [5.74, 6) is 7.25. The van der Waals surface area contributed by atoms with Crippen LogP contribution in [0, 0.1) is 6.92 Å². The van der Waals surface area contributed by atoms with Crippen LogP contribution in [0.2, 0.25) is 0 Å². The molecule has 0 heterocycles. The number of nitrogens with two attached hydrogens (primary N) is 1. The van der Waals surface area contributed by atoms with E-state index in [1.807, 2.05) is 37.3 Å². The van der Waals surface area contributed by atoms with E-state index in [0.29, 0.717) is 0 Å². The molecular formula is C16H19BrN2O2. The third kappa shape index (κ3) is 3.37. The van der Waals surface area contributed by atoms with Crippen molar-refractivity contribution in [2.45, 2.75) is 13.0 Å². The molecule has 3 N–H and O–H groups in total. The van der Waals surface area contributed by atoms with E-state index < -0.39 is 0 Å². The lowest BCUT2D eigenvalue weighted by molar-refractivity contribution is 0.387. The van der Waals surface area contributed by atoms with Crippen molar-refractivity contribution in [3.8, 4) is 11.5 Å². The first-order valence-electron chi connectivity index (χ1n) is 6.54. The zero-order valence-corrected chi connectivity index (χ0v) is 13.9. The van der Waals surface area contributed by atoms with Crippen molar-refractivity contribution in [3.05, 3.63) is 57.6 Å². The number of hydrogen-bond acceptors (Lipinski definition) is 4. The van der Waals surface area contributed by atoms with E-state index in [4.69, 9.17) is 15.3 Å². The molecule has 0 spiro atoms. The van der Waals surface area contributed by atoms with E-state index in [2.05, 4.69) is 27.4 Å². The lowest BCUT2D eigenvalue weighted by Crippen LogP contribution is -2.29. The molecule has 1 atom stereocenters. The molecular weight excluding hydrogens is 332 g/mol. The van der Waals surface area contributed by atoms with Crippen molar-refractivity contribution in [3.63, 3.8) is 0 Å². The van der Waals surface area contributed by atoms with Gasteiger partial charge in [0.2, 0.25) is 0 Å². The van der Waals surface area contributed by atoms with Gasteiger partial charge in [0.1, 0.15) is 11.5 Å². The molecule has 0 saturated heterocycles. The molecule has 5 heteroatoms. The standard InChI is InChI=1S/C16H19BrN2O2/c1-10-8-11(4-7-14(10)17)16(19-18)13-6-5-12(20-2)9-15(13)21-3/h4-9,16,19H,18H2,1-3H3. The van der Waals surface area contributed by atoms with Gasteiger partial charge in [-0.15, -0.1) is 0 Å². The highest BCUT2D eigenvalue weighted by Gasteiger charge is 2.18. The normalized spacial score (nSPS) is 12.0. The minimum absolute atomic E-state index is 0.155. The Morgan fingerprint density at radius 1 is 1.10 bits per heavy atom. The number of rotatable bonds is 5. The molecule has 21 heavy (non-hydrogen) atoms. The summed E-state index contributed by atoms with van der Waals surface area (Å²) in [5.41, 5.74) is 6.04. The summed E-state index contributed by atoms with van der Waals surface area (Å²) in [7, 11) is 3.27. The first kappa shape index (κ1) is 15.8. The Kier molecular flexibility index (Phi) is 5.22. The van der Waals surface area contributed by atoms with Crippen molar-refractivity contribution < 1.29 is 9.47 Å². The van der Waals surface area contributed by atoms with Crippen LogP contribution in [0.15, 0.2) is 40.9 Å². The fraction of sp³-hybridized carbons (Fsp3) is 0.250. The van der Waals surface area contributed by atoms with Crippen LogP contribution in [0.5, 0.6) is 11.5 Å². The number of ether oxygens (including phenoxy) is 2. The van der Waals surface area contributed by atoms with Crippen molar-refractivity contribution in [2.24, 2.45) is 5.84 Å². The highest BCUT2D eigenvalue weighted by molar-refractivity contribution is 9.10. The Labute approximate surface area is 133 Å². The van der Waals surface area contributed by atoms with Gasteiger partial charge < -0.3 is 9.47 Å². The van der Waals surface area contributed by atoms with Gasteiger partial charge in [0.05, 0.1) is 20.3 Å². The number of nitrogens with one attached hydrogen (secondary N) is 1. The second-order valence-corrected chi connectivity index (χ2v) is 5.57. The van der Waals surface area contributed by atoms with E-state index in [9.17, 15) is 0 Å². The van der Waals surface area contributed by atoms with Crippen molar-refractivity contribution in [1.29, 1.82) is 0 Å². The number of aryl methyl sites for hydroxylation is 1. The van der Waals surface area contributed by atoms with Gasteiger partial charge in [-0.2, -0.15) is 0 Å². The van der Waals surface area contributed by atoms with Gasteiger partial charge in [-0.1, -0.05) is 28.1 Å². The zero-order chi connectivity index (χ0) is 15.4. The summed E-state index contributed by atoms with van der Waals surface area (Å²) in [6.07, 6.45) is 0. The number of benzene rings is 2. The van der Waals surface area contributed by atoms with Gasteiger partial charge >= 0.3 is 0 Å². The minimum Gasteiger partial charge on any atom is -0.497 e. The molecule has 0 bridgehead atoms. The molecule has 4 nitrogen and oxygen atoms in total. The number of hydrazine groups is 1. The van der Waals surface area contributed by atoms with Gasteiger partial charge in [0.15, 0.2) is 0 Å². The van der Waals surface area contributed by atoms with E-state index in [1.165, 1.54) is 0 Å². The Bertz CT molecular complexity index is 632. The molecule has 2 rings (SSSR count). The lowest BCUT2D eigenvalue weighted by atomic mass is 9.97. The quantitative estimate of drug-likeness (QED) is 0.641. The topological polar surface area (TPSA) is 56.5 Å². The van der Waals surface area contributed by atoms with E-state index in [1.54, 1.807) is 14.2 Å². The van der Waals surface area contributed by atoms with Crippen LogP contribution < -0.4 is 20.7 Å². The highest BCUT2D eigenvalue weighted by atomic mass is 79.9. The van der Waals surface area contributed by atoms with Crippen molar-refractivity contribution in [1.82, 2.24) is 5.43 Å². The summed E-state index contributed by atoms with van der Waals surface area (Å²) in [6.45, 7) is 2.05. The van der Waals surface area contributed by atoms with Crippen LogP contribution in [0.25, 0.3) is 0 Å². The SMILES string of the molecule is COc1ccc(C(NN)c2ccc(Br)c(C)c2)c(OC)c1. The largest absolute Gasteiger partial charge is 0.497 e. The minimum atomic E-state index is -0.155. The molecule has 0 amide bonds. The third-order valence-electron chi connectivity index (χ3n) is 3.43. The Balaban J connectivity index is 2.47. The van der Waals surface area contributed by atoms with Crippen LogP contribution in [0.4, 0.5) is 0 Å². The fourth-order valence-corrected chi connectivity index (χ4v) is 2.52. The van der Waals surface area contributed by atoms with Crippen LogP contribution in [-0.4, -0.2) is 14.2 Å². The monoisotopic (exact) mass is 350 g/mol. The van der Waals surface area contributed by atoms with Gasteiger partial charge in [-0.05, 0) is 36.2 Å². The molecule has 2 aromatic rings. The maximum atomic E-state index is 5.77. The summed E-state index contributed by atoms with van der Waals surface area (Å²) < 4.78 is 11.8. The fourth-order valence-electron chi connectivity index (χ4n) is 2.27.